The highest BCUT2D eigenvalue weighted by atomic mass is 35.5. The molecule has 2 aromatic rings. The molecule has 1 heterocycles. The van der Waals surface area contributed by atoms with Crippen LogP contribution in [0, 0.1) is 0 Å². The number of nitrogens with one attached hydrogen (secondary N) is 1. The first kappa shape index (κ1) is 11.9. The fourth-order valence-corrected chi connectivity index (χ4v) is 2.94. The van der Waals surface area contributed by atoms with Crippen molar-refractivity contribution in [3.8, 4) is 0 Å². The van der Waals surface area contributed by atoms with E-state index in [0.29, 0.717) is 11.1 Å². The third-order valence-corrected chi connectivity index (χ3v) is 3.91. The van der Waals surface area contributed by atoms with E-state index in [-0.39, 0.29) is 0 Å². The molecule has 0 spiro atoms. The summed E-state index contributed by atoms with van der Waals surface area (Å²) in [6.07, 6.45) is 1.97. The average Bonchev–Trinajstić information content (AvgIpc) is 2.75. The highest BCUT2D eigenvalue weighted by molar-refractivity contribution is 6.35. The van der Waals surface area contributed by atoms with Crippen LogP contribution in [0.1, 0.15) is 11.1 Å². The van der Waals surface area contributed by atoms with Gasteiger partial charge in [0.15, 0.2) is 0 Å². The van der Waals surface area contributed by atoms with Gasteiger partial charge in [-0.3, -0.25) is 0 Å². The summed E-state index contributed by atoms with van der Waals surface area (Å²) in [5.41, 5.74) is 3.77. The minimum Gasteiger partial charge on any atom is -0.381 e. The molecule has 0 radical (unpaired) electrons. The molecule has 1 atom stereocenters. The highest BCUT2D eigenvalue weighted by Crippen LogP contribution is 2.29. The van der Waals surface area contributed by atoms with Crippen molar-refractivity contribution in [2.24, 2.45) is 0 Å². The van der Waals surface area contributed by atoms with E-state index in [2.05, 4.69) is 29.6 Å². The molecule has 0 aliphatic carbocycles. The van der Waals surface area contributed by atoms with Crippen LogP contribution in [0.3, 0.4) is 0 Å². The number of halogens is 2. The smallest absolute Gasteiger partial charge is 0.0453 e. The molecule has 92 valence electrons. The molecule has 1 unspecified atom stereocenters. The molecular formula is C15H13Cl2N. The molecule has 1 aliphatic rings. The van der Waals surface area contributed by atoms with Crippen molar-refractivity contribution in [3.63, 3.8) is 0 Å². The van der Waals surface area contributed by atoms with Crippen LogP contribution in [-0.4, -0.2) is 6.04 Å². The van der Waals surface area contributed by atoms with Crippen molar-refractivity contribution >= 4 is 28.9 Å². The third-order valence-electron chi connectivity index (χ3n) is 3.32. The maximum absolute atomic E-state index is 6.21. The van der Waals surface area contributed by atoms with Crippen LogP contribution in [0.4, 0.5) is 5.69 Å². The summed E-state index contributed by atoms with van der Waals surface area (Å²) in [7, 11) is 0. The minimum absolute atomic E-state index is 0.418. The van der Waals surface area contributed by atoms with Gasteiger partial charge in [0.1, 0.15) is 0 Å². The Morgan fingerprint density at radius 2 is 1.94 bits per heavy atom. The molecule has 1 N–H and O–H groups in total. The van der Waals surface area contributed by atoms with Gasteiger partial charge in [0.05, 0.1) is 0 Å². The quantitative estimate of drug-likeness (QED) is 0.848. The second-order valence-electron chi connectivity index (χ2n) is 4.64. The van der Waals surface area contributed by atoms with Crippen molar-refractivity contribution in [1.29, 1.82) is 0 Å². The predicted molar refractivity (Wildman–Crippen MR) is 77.7 cm³/mol. The van der Waals surface area contributed by atoms with Gasteiger partial charge in [0.2, 0.25) is 0 Å². The van der Waals surface area contributed by atoms with E-state index in [4.69, 9.17) is 23.2 Å². The molecule has 3 heteroatoms. The van der Waals surface area contributed by atoms with Crippen LogP contribution in [0.5, 0.6) is 0 Å². The molecule has 0 aromatic heterocycles. The zero-order valence-electron chi connectivity index (χ0n) is 9.79. The Bertz CT molecular complexity index is 555. The van der Waals surface area contributed by atoms with Crippen LogP contribution >= 0.6 is 23.2 Å². The molecule has 0 amide bonds. The lowest BCUT2D eigenvalue weighted by molar-refractivity contribution is 0.746. The Balaban J connectivity index is 1.76. The Morgan fingerprint density at radius 1 is 1.11 bits per heavy atom. The Labute approximate surface area is 117 Å². The summed E-state index contributed by atoms with van der Waals surface area (Å²) in [6.45, 7) is 0. The van der Waals surface area contributed by atoms with Gasteiger partial charge in [-0.1, -0.05) is 47.5 Å². The SMILES string of the molecule is Clc1ccc(CC2Cc3ccccc3N2)c(Cl)c1. The Kier molecular flexibility index (Phi) is 3.19. The second kappa shape index (κ2) is 4.83. The molecule has 1 aliphatic heterocycles. The van der Waals surface area contributed by atoms with E-state index in [9.17, 15) is 0 Å². The topological polar surface area (TPSA) is 12.0 Å². The molecular weight excluding hydrogens is 265 g/mol. The van der Waals surface area contributed by atoms with Gasteiger partial charge >= 0.3 is 0 Å². The molecule has 3 rings (SSSR count). The van der Waals surface area contributed by atoms with Gasteiger partial charge in [0.25, 0.3) is 0 Å². The molecule has 0 saturated carbocycles. The van der Waals surface area contributed by atoms with Crippen molar-refractivity contribution < 1.29 is 0 Å². The van der Waals surface area contributed by atoms with Crippen molar-refractivity contribution in [2.45, 2.75) is 18.9 Å². The first-order valence-corrected chi connectivity index (χ1v) is 6.76. The van der Waals surface area contributed by atoms with E-state index in [1.54, 1.807) is 6.07 Å². The van der Waals surface area contributed by atoms with Gasteiger partial charge < -0.3 is 5.32 Å². The first-order valence-electron chi connectivity index (χ1n) is 6.01. The zero-order valence-corrected chi connectivity index (χ0v) is 11.3. The summed E-state index contributed by atoms with van der Waals surface area (Å²) >= 11 is 12.1. The highest BCUT2D eigenvalue weighted by Gasteiger charge is 2.20. The molecule has 2 aromatic carbocycles. The summed E-state index contributed by atoms with van der Waals surface area (Å²) in [5, 5.41) is 4.97. The van der Waals surface area contributed by atoms with Crippen molar-refractivity contribution in [1.82, 2.24) is 0 Å². The van der Waals surface area contributed by atoms with Gasteiger partial charge in [-0.15, -0.1) is 0 Å². The minimum atomic E-state index is 0.418. The normalized spacial score (nSPS) is 17.3. The van der Waals surface area contributed by atoms with Gasteiger partial charge in [-0.2, -0.15) is 0 Å². The number of hydrogen-bond donors (Lipinski definition) is 1. The summed E-state index contributed by atoms with van der Waals surface area (Å²) in [6, 6.07) is 14.6. The second-order valence-corrected chi connectivity index (χ2v) is 5.49. The summed E-state index contributed by atoms with van der Waals surface area (Å²) in [5.74, 6) is 0. The molecule has 0 bridgehead atoms. The van der Waals surface area contributed by atoms with E-state index < -0.39 is 0 Å². The van der Waals surface area contributed by atoms with Crippen molar-refractivity contribution in [2.75, 3.05) is 5.32 Å². The Morgan fingerprint density at radius 3 is 2.72 bits per heavy atom. The molecule has 18 heavy (non-hydrogen) atoms. The Hall–Kier alpha value is -1.18. The molecule has 0 fully saturated rings. The lowest BCUT2D eigenvalue weighted by Crippen LogP contribution is -2.18. The van der Waals surface area contributed by atoms with Crippen LogP contribution in [-0.2, 0) is 12.8 Å². The number of fused-ring (bicyclic) bond motifs is 1. The molecule has 1 nitrogen and oxygen atoms in total. The zero-order chi connectivity index (χ0) is 12.5. The average molecular weight is 278 g/mol. The molecule has 0 saturated heterocycles. The maximum Gasteiger partial charge on any atom is 0.0453 e. The number of benzene rings is 2. The first-order chi connectivity index (χ1) is 8.72. The fraction of sp³-hybridized carbons (Fsp3) is 0.200. The number of hydrogen-bond acceptors (Lipinski definition) is 1. The standard InChI is InChI=1S/C15H13Cl2N/c16-12-6-5-10(14(17)9-12)7-13-8-11-3-1-2-4-15(11)18-13/h1-6,9,13,18H,7-8H2. The largest absolute Gasteiger partial charge is 0.381 e. The summed E-state index contributed by atoms with van der Waals surface area (Å²) in [4.78, 5) is 0. The van der Waals surface area contributed by atoms with E-state index in [1.807, 2.05) is 12.1 Å². The van der Waals surface area contributed by atoms with Crippen LogP contribution in [0.25, 0.3) is 0 Å². The van der Waals surface area contributed by atoms with Crippen molar-refractivity contribution in [3.05, 3.63) is 63.6 Å². The lowest BCUT2D eigenvalue weighted by Gasteiger charge is -2.12. The van der Waals surface area contributed by atoms with Crippen LogP contribution < -0.4 is 5.32 Å². The maximum atomic E-state index is 6.21. The predicted octanol–water partition coefficient (Wildman–Crippen LogP) is 4.57. The van der Waals surface area contributed by atoms with E-state index >= 15 is 0 Å². The van der Waals surface area contributed by atoms with Gasteiger partial charge in [0, 0.05) is 21.8 Å². The van der Waals surface area contributed by atoms with Crippen LogP contribution in [0.2, 0.25) is 10.0 Å². The van der Waals surface area contributed by atoms with Gasteiger partial charge in [-0.25, -0.2) is 0 Å². The fourth-order valence-electron chi connectivity index (χ4n) is 2.45. The van der Waals surface area contributed by atoms with E-state index in [0.717, 1.165) is 23.4 Å². The van der Waals surface area contributed by atoms with E-state index in [1.165, 1.54) is 11.3 Å². The van der Waals surface area contributed by atoms with Gasteiger partial charge in [-0.05, 0) is 42.2 Å². The summed E-state index contributed by atoms with van der Waals surface area (Å²) < 4.78 is 0. The number of rotatable bonds is 2. The number of anilines is 1. The number of para-hydroxylation sites is 1. The lowest BCUT2D eigenvalue weighted by atomic mass is 10.0. The monoisotopic (exact) mass is 277 g/mol. The van der Waals surface area contributed by atoms with Crippen LogP contribution in [0.15, 0.2) is 42.5 Å². The third kappa shape index (κ3) is 2.33.